The molecule has 0 aromatic heterocycles. The zero-order chi connectivity index (χ0) is 17.1. The van der Waals surface area contributed by atoms with Crippen LogP contribution in [0.2, 0.25) is 0 Å². The predicted molar refractivity (Wildman–Crippen MR) is 91.9 cm³/mol. The Morgan fingerprint density at radius 2 is 1.52 bits per heavy atom. The standard InChI is InChI=1S/C20H20O4S/c1-13-3-5-14(6-4-13)25(21,22)20-17-15-7-11-18(20,23-15)9-2-10-19(20)12-8-16(17)24-19/h3-8,11-12,15-17H,2,9-10H2,1H3/t15-,16+,17?,18+,19-,20?. The van der Waals surface area contributed by atoms with Crippen molar-refractivity contribution in [3.63, 3.8) is 0 Å². The van der Waals surface area contributed by atoms with E-state index in [1.54, 1.807) is 12.1 Å². The summed E-state index contributed by atoms with van der Waals surface area (Å²) in [5, 5.41) is 0. The zero-order valence-electron chi connectivity index (χ0n) is 14.0. The van der Waals surface area contributed by atoms with Crippen molar-refractivity contribution in [3.05, 3.63) is 54.1 Å². The molecule has 6 atom stereocenters. The number of hydrogen-bond donors (Lipinski definition) is 0. The first-order valence-corrected chi connectivity index (χ1v) is 10.5. The summed E-state index contributed by atoms with van der Waals surface area (Å²) < 4.78 is 40.0. The van der Waals surface area contributed by atoms with Crippen molar-refractivity contribution >= 4 is 9.84 Å². The number of ether oxygens (including phenoxy) is 2. The minimum Gasteiger partial charge on any atom is -0.361 e. The molecule has 1 aromatic carbocycles. The molecule has 130 valence electrons. The molecule has 4 aliphatic heterocycles. The quantitative estimate of drug-likeness (QED) is 0.765. The Kier molecular flexibility index (Phi) is 2.42. The Balaban J connectivity index is 1.68. The molecule has 5 aliphatic rings. The summed E-state index contributed by atoms with van der Waals surface area (Å²) in [6.45, 7) is 1.97. The maximum Gasteiger partial charge on any atom is 0.190 e. The molecule has 4 bridgehead atoms. The molecule has 6 rings (SSSR count). The van der Waals surface area contributed by atoms with E-state index < -0.39 is 25.8 Å². The van der Waals surface area contributed by atoms with Crippen molar-refractivity contribution < 1.29 is 17.9 Å². The van der Waals surface area contributed by atoms with Gasteiger partial charge in [-0.3, -0.25) is 0 Å². The van der Waals surface area contributed by atoms with Crippen LogP contribution in [-0.4, -0.2) is 36.6 Å². The lowest BCUT2D eigenvalue weighted by Gasteiger charge is -2.53. The van der Waals surface area contributed by atoms with Crippen LogP contribution in [0.5, 0.6) is 0 Å². The molecule has 2 spiro atoms. The average molecular weight is 356 g/mol. The van der Waals surface area contributed by atoms with Crippen LogP contribution < -0.4 is 0 Å². The number of rotatable bonds is 2. The monoisotopic (exact) mass is 356 g/mol. The molecule has 1 saturated carbocycles. The Labute approximate surface area is 147 Å². The number of benzene rings is 1. The van der Waals surface area contributed by atoms with Crippen LogP contribution in [0.3, 0.4) is 0 Å². The molecule has 4 nitrogen and oxygen atoms in total. The van der Waals surface area contributed by atoms with E-state index in [1.165, 1.54) is 0 Å². The van der Waals surface area contributed by atoms with Crippen molar-refractivity contribution in [2.24, 2.45) is 5.92 Å². The van der Waals surface area contributed by atoms with Gasteiger partial charge in [0.1, 0.15) is 15.9 Å². The fraction of sp³-hybridized carbons (Fsp3) is 0.500. The summed E-state index contributed by atoms with van der Waals surface area (Å²) >= 11 is 0. The Hall–Kier alpha value is -1.43. The summed E-state index contributed by atoms with van der Waals surface area (Å²) in [4.78, 5) is 0.387. The van der Waals surface area contributed by atoms with Gasteiger partial charge in [-0.2, -0.15) is 0 Å². The summed E-state index contributed by atoms with van der Waals surface area (Å²) in [5.74, 6) is -0.158. The normalized spacial score (nSPS) is 48.3. The van der Waals surface area contributed by atoms with E-state index in [1.807, 2.05) is 31.2 Å². The summed E-state index contributed by atoms with van der Waals surface area (Å²) in [6, 6.07) is 7.23. The third-order valence-corrected chi connectivity index (χ3v) is 9.79. The molecule has 4 heterocycles. The molecule has 1 aliphatic carbocycles. The molecule has 25 heavy (non-hydrogen) atoms. The van der Waals surface area contributed by atoms with Gasteiger partial charge in [-0.15, -0.1) is 0 Å². The average Bonchev–Trinajstić information content (AvgIpc) is 3.31. The van der Waals surface area contributed by atoms with Crippen molar-refractivity contribution in [3.8, 4) is 0 Å². The summed E-state index contributed by atoms with van der Waals surface area (Å²) in [5.41, 5.74) is -0.467. The van der Waals surface area contributed by atoms with Crippen LogP contribution in [-0.2, 0) is 19.3 Å². The van der Waals surface area contributed by atoms with Crippen molar-refractivity contribution in [1.29, 1.82) is 0 Å². The van der Waals surface area contributed by atoms with Gasteiger partial charge in [0, 0.05) is 5.92 Å². The SMILES string of the molecule is Cc1ccc(S(=O)(=O)C23C4[C@@H]5C=C[C@@]2(CCC[C@]32C=C[C@H]4O2)O5)cc1. The minimum atomic E-state index is -3.65. The highest BCUT2D eigenvalue weighted by Crippen LogP contribution is 2.72. The first-order chi connectivity index (χ1) is 12.0. The van der Waals surface area contributed by atoms with Gasteiger partial charge in [0.2, 0.25) is 0 Å². The highest BCUT2D eigenvalue weighted by molar-refractivity contribution is 7.93. The van der Waals surface area contributed by atoms with Gasteiger partial charge in [-0.1, -0.05) is 42.0 Å². The van der Waals surface area contributed by atoms with E-state index in [9.17, 15) is 8.42 Å². The molecule has 5 heteroatoms. The van der Waals surface area contributed by atoms with Gasteiger partial charge in [0.25, 0.3) is 0 Å². The zero-order valence-corrected chi connectivity index (χ0v) is 14.8. The third kappa shape index (κ3) is 1.30. The van der Waals surface area contributed by atoms with Gasteiger partial charge in [-0.05, 0) is 38.3 Å². The van der Waals surface area contributed by atoms with Gasteiger partial charge in [0.15, 0.2) is 9.84 Å². The maximum absolute atomic E-state index is 14.1. The van der Waals surface area contributed by atoms with Crippen LogP contribution in [0.1, 0.15) is 24.8 Å². The highest BCUT2D eigenvalue weighted by Gasteiger charge is 2.86. The second kappa shape index (κ2) is 4.11. The van der Waals surface area contributed by atoms with Crippen molar-refractivity contribution in [2.75, 3.05) is 0 Å². The minimum absolute atomic E-state index is 0.158. The molecule has 1 aromatic rings. The van der Waals surface area contributed by atoms with E-state index in [-0.39, 0.29) is 18.1 Å². The molecule has 2 saturated heterocycles. The van der Waals surface area contributed by atoms with Gasteiger partial charge >= 0.3 is 0 Å². The number of hydrogen-bond acceptors (Lipinski definition) is 4. The second-order valence-corrected chi connectivity index (χ2v) is 10.2. The summed E-state index contributed by atoms with van der Waals surface area (Å²) in [6.07, 6.45) is 10.2. The number of sulfone groups is 1. The topological polar surface area (TPSA) is 52.6 Å². The fourth-order valence-electron chi connectivity index (χ4n) is 6.33. The molecule has 0 radical (unpaired) electrons. The molecule has 0 amide bonds. The number of fused-ring (bicyclic) bond motifs is 4. The lowest BCUT2D eigenvalue weighted by atomic mass is 9.58. The van der Waals surface area contributed by atoms with Gasteiger partial charge < -0.3 is 9.47 Å². The van der Waals surface area contributed by atoms with E-state index in [4.69, 9.17) is 9.47 Å². The third-order valence-electron chi connectivity index (χ3n) is 7.09. The lowest BCUT2D eigenvalue weighted by molar-refractivity contribution is -0.0927. The first kappa shape index (κ1) is 14.7. The van der Waals surface area contributed by atoms with Crippen LogP contribution in [0, 0.1) is 12.8 Å². The van der Waals surface area contributed by atoms with Crippen molar-refractivity contribution in [1.82, 2.24) is 0 Å². The fourth-order valence-corrected chi connectivity index (χ4v) is 9.17. The Morgan fingerprint density at radius 1 is 0.960 bits per heavy atom. The van der Waals surface area contributed by atoms with Crippen LogP contribution >= 0.6 is 0 Å². The molecular weight excluding hydrogens is 336 g/mol. The van der Waals surface area contributed by atoms with Crippen molar-refractivity contribution in [2.45, 2.75) is 59.2 Å². The van der Waals surface area contributed by atoms with Crippen LogP contribution in [0.4, 0.5) is 0 Å². The van der Waals surface area contributed by atoms with Crippen LogP contribution in [0.25, 0.3) is 0 Å². The molecular formula is C20H20O4S. The smallest absolute Gasteiger partial charge is 0.190 e. The highest BCUT2D eigenvalue weighted by atomic mass is 32.2. The Morgan fingerprint density at radius 3 is 2.08 bits per heavy atom. The van der Waals surface area contributed by atoms with E-state index in [0.29, 0.717) is 4.90 Å². The number of aryl methyl sites for hydroxylation is 1. The summed E-state index contributed by atoms with van der Waals surface area (Å²) in [7, 11) is -3.65. The van der Waals surface area contributed by atoms with Gasteiger partial charge in [-0.25, -0.2) is 8.42 Å². The largest absolute Gasteiger partial charge is 0.361 e. The molecule has 2 unspecified atom stereocenters. The lowest BCUT2D eigenvalue weighted by Crippen LogP contribution is -2.71. The van der Waals surface area contributed by atoms with E-state index in [0.717, 1.165) is 24.8 Å². The Bertz CT molecular complexity index is 908. The first-order valence-electron chi connectivity index (χ1n) is 9.02. The van der Waals surface area contributed by atoms with E-state index in [2.05, 4.69) is 12.2 Å². The van der Waals surface area contributed by atoms with E-state index >= 15 is 0 Å². The second-order valence-electron chi connectivity index (χ2n) is 8.09. The van der Waals surface area contributed by atoms with Crippen LogP contribution in [0.15, 0.2) is 53.5 Å². The maximum atomic E-state index is 14.1. The molecule has 3 fully saturated rings. The van der Waals surface area contributed by atoms with Gasteiger partial charge in [0.05, 0.1) is 17.1 Å². The predicted octanol–water partition coefficient (Wildman–Crippen LogP) is 2.72. The molecule has 0 N–H and O–H groups in total.